The minimum absolute atomic E-state index is 0.0676. The Bertz CT molecular complexity index is 1080. The number of aryl methyl sites for hydroxylation is 2. The molecule has 0 aliphatic carbocycles. The molecule has 0 N–H and O–H groups in total. The summed E-state index contributed by atoms with van der Waals surface area (Å²) in [7, 11) is 0. The maximum Gasteiger partial charge on any atom is 0.253 e. The summed E-state index contributed by atoms with van der Waals surface area (Å²) in [4.78, 5) is 24.3. The smallest absolute Gasteiger partial charge is 0.253 e. The summed E-state index contributed by atoms with van der Waals surface area (Å²) in [5.74, 6) is 1.60. The minimum Gasteiger partial charge on any atom is -0.356 e. The van der Waals surface area contributed by atoms with Crippen LogP contribution in [0.3, 0.4) is 0 Å². The van der Waals surface area contributed by atoms with Gasteiger partial charge in [-0.3, -0.25) is 4.79 Å². The van der Waals surface area contributed by atoms with Crippen LogP contribution in [0.15, 0.2) is 41.1 Å². The lowest BCUT2D eigenvalue weighted by atomic mass is 9.86. The van der Waals surface area contributed by atoms with E-state index in [0.717, 1.165) is 47.7 Å². The number of piperidine rings is 1. The normalized spacial score (nSPS) is 17.1. The van der Waals surface area contributed by atoms with Crippen LogP contribution in [0.25, 0.3) is 11.3 Å². The van der Waals surface area contributed by atoms with E-state index in [1.807, 2.05) is 43.1 Å². The van der Waals surface area contributed by atoms with Crippen molar-refractivity contribution in [1.82, 2.24) is 20.0 Å². The minimum atomic E-state index is 0.0676. The van der Waals surface area contributed by atoms with E-state index in [2.05, 4.69) is 43.0 Å². The van der Waals surface area contributed by atoms with E-state index >= 15 is 0 Å². The van der Waals surface area contributed by atoms with Crippen LogP contribution in [0.5, 0.6) is 0 Å². The number of aromatic nitrogens is 3. The van der Waals surface area contributed by atoms with E-state index in [4.69, 9.17) is 9.51 Å². The van der Waals surface area contributed by atoms with Crippen LogP contribution in [0, 0.1) is 13.8 Å². The monoisotopic (exact) mass is 418 g/mol. The van der Waals surface area contributed by atoms with Crippen molar-refractivity contribution < 1.29 is 9.32 Å². The highest BCUT2D eigenvalue weighted by Gasteiger charge is 2.29. The zero-order valence-corrected chi connectivity index (χ0v) is 19.0. The number of hydrogen-bond acceptors (Lipinski definition) is 5. The van der Waals surface area contributed by atoms with Crippen molar-refractivity contribution in [3.8, 4) is 11.3 Å². The summed E-state index contributed by atoms with van der Waals surface area (Å²) >= 11 is 0. The Balaban J connectivity index is 1.58. The quantitative estimate of drug-likeness (QED) is 0.594. The van der Waals surface area contributed by atoms with E-state index in [1.165, 1.54) is 5.56 Å². The van der Waals surface area contributed by atoms with Gasteiger partial charge in [-0.05, 0) is 49.8 Å². The predicted molar refractivity (Wildman–Crippen MR) is 120 cm³/mol. The summed E-state index contributed by atoms with van der Waals surface area (Å²) < 4.78 is 5.49. The fourth-order valence-electron chi connectivity index (χ4n) is 4.16. The van der Waals surface area contributed by atoms with Crippen LogP contribution in [0.2, 0.25) is 0 Å². The lowest BCUT2D eigenvalue weighted by molar-refractivity contribution is 0.0706. The first-order valence-electron chi connectivity index (χ1n) is 10.9. The van der Waals surface area contributed by atoms with E-state index in [9.17, 15) is 4.79 Å². The molecule has 3 aromatic rings. The van der Waals surface area contributed by atoms with Crippen molar-refractivity contribution in [2.45, 2.75) is 58.8 Å². The molecule has 0 spiro atoms. The first kappa shape index (κ1) is 21.2. The molecule has 1 fully saturated rings. The molecule has 3 heterocycles. The molecule has 2 aromatic heterocycles. The Hall–Kier alpha value is -3.02. The Morgan fingerprint density at radius 1 is 1.16 bits per heavy atom. The molecule has 162 valence electrons. The molecule has 1 amide bonds. The molecule has 31 heavy (non-hydrogen) atoms. The average Bonchev–Trinajstić information content (AvgIpc) is 3.19. The second-order valence-corrected chi connectivity index (χ2v) is 9.47. The Morgan fingerprint density at radius 2 is 1.90 bits per heavy atom. The highest BCUT2D eigenvalue weighted by molar-refractivity contribution is 5.94. The second kappa shape index (κ2) is 8.25. The van der Waals surface area contributed by atoms with Crippen molar-refractivity contribution in [2.24, 2.45) is 0 Å². The summed E-state index contributed by atoms with van der Waals surface area (Å²) in [6.07, 6.45) is 3.72. The summed E-state index contributed by atoms with van der Waals surface area (Å²) in [5, 5.41) is 4.01. The molecule has 1 saturated heterocycles. The van der Waals surface area contributed by atoms with Gasteiger partial charge < -0.3 is 9.42 Å². The van der Waals surface area contributed by atoms with Crippen molar-refractivity contribution in [2.75, 3.05) is 13.1 Å². The van der Waals surface area contributed by atoms with Crippen LogP contribution in [-0.2, 0) is 5.41 Å². The third-order valence-corrected chi connectivity index (χ3v) is 5.93. The Morgan fingerprint density at radius 3 is 2.55 bits per heavy atom. The zero-order valence-electron chi connectivity index (χ0n) is 19.0. The number of carbonyl (C=O) groups is 1. The van der Waals surface area contributed by atoms with E-state index < -0.39 is 0 Å². The molecule has 6 heteroatoms. The van der Waals surface area contributed by atoms with Crippen LogP contribution in [0.4, 0.5) is 0 Å². The van der Waals surface area contributed by atoms with Crippen molar-refractivity contribution >= 4 is 5.91 Å². The zero-order chi connectivity index (χ0) is 22.2. The summed E-state index contributed by atoms with van der Waals surface area (Å²) in [6.45, 7) is 11.7. The Labute approximate surface area is 183 Å². The van der Waals surface area contributed by atoms with Gasteiger partial charge in [-0.2, -0.15) is 0 Å². The van der Waals surface area contributed by atoms with Gasteiger partial charge in [0.25, 0.3) is 5.91 Å². The molecular weight excluding hydrogens is 388 g/mol. The highest BCUT2D eigenvalue weighted by atomic mass is 16.5. The molecule has 6 nitrogen and oxygen atoms in total. The molecule has 1 aromatic carbocycles. The third-order valence-electron chi connectivity index (χ3n) is 5.93. The number of likely N-dealkylation sites (tertiary alicyclic amines) is 1. The van der Waals surface area contributed by atoms with Crippen molar-refractivity contribution in [3.05, 3.63) is 64.9 Å². The van der Waals surface area contributed by atoms with Gasteiger partial charge in [0.15, 0.2) is 5.76 Å². The third kappa shape index (κ3) is 4.53. The lowest BCUT2D eigenvalue weighted by Gasteiger charge is -2.33. The predicted octanol–water partition coefficient (Wildman–Crippen LogP) is 5.07. The fourth-order valence-corrected chi connectivity index (χ4v) is 4.16. The molecule has 1 aliphatic rings. The van der Waals surface area contributed by atoms with Gasteiger partial charge in [-0.1, -0.05) is 38.1 Å². The van der Waals surface area contributed by atoms with Gasteiger partial charge in [0.2, 0.25) is 0 Å². The molecule has 0 radical (unpaired) electrons. The molecule has 0 saturated carbocycles. The molecule has 0 bridgehead atoms. The van der Waals surface area contributed by atoms with Gasteiger partial charge in [0.1, 0.15) is 5.82 Å². The van der Waals surface area contributed by atoms with Crippen LogP contribution < -0.4 is 0 Å². The standard InChI is InChI=1S/C25H30N4O2/c1-16-13-22(31-28-16)21-14-26-17(2)27-23(21)19-7-6-12-29(15-19)24(30)18-8-10-20(11-9-18)25(3,4)5/h8-11,13-14,19H,6-7,12,15H2,1-5H3/t19-/m1/s1. The average molecular weight is 419 g/mol. The fraction of sp³-hybridized carbons (Fsp3) is 0.440. The maximum atomic E-state index is 13.2. The van der Waals surface area contributed by atoms with Crippen LogP contribution in [-0.4, -0.2) is 39.0 Å². The second-order valence-electron chi connectivity index (χ2n) is 9.47. The summed E-state index contributed by atoms with van der Waals surface area (Å²) in [6, 6.07) is 9.92. The SMILES string of the molecule is Cc1cc(-c2cnc(C)nc2[C@@H]2CCCN(C(=O)c3ccc(C(C)(C)C)cc3)C2)on1. The van der Waals surface area contributed by atoms with Gasteiger partial charge >= 0.3 is 0 Å². The van der Waals surface area contributed by atoms with E-state index in [0.29, 0.717) is 12.3 Å². The lowest BCUT2D eigenvalue weighted by Crippen LogP contribution is -2.39. The number of nitrogens with zero attached hydrogens (tertiary/aromatic N) is 4. The highest BCUT2D eigenvalue weighted by Crippen LogP contribution is 2.34. The topological polar surface area (TPSA) is 72.1 Å². The maximum absolute atomic E-state index is 13.2. The van der Waals surface area contributed by atoms with Gasteiger partial charge in [0, 0.05) is 36.8 Å². The number of hydrogen-bond donors (Lipinski definition) is 0. The molecular formula is C25H30N4O2. The number of carbonyl (C=O) groups excluding carboxylic acids is 1. The van der Waals surface area contributed by atoms with Crippen molar-refractivity contribution in [3.63, 3.8) is 0 Å². The summed E-state index contributed by atoms with van der Waals surface area (Å²) in [5.41, 5.74) is 4.64. The number of rotatable bonds is 3. The Kier molecular flexibility index (Phi) is 5.65. The van der Waals surface area contributed by atoms with Gasteiger partial charge in [-0.25, -0.2) is 9.97 Å². The van der Waals surface area contributed by atoms with Crippen molar-refractivity contribution in [1.29, 1.82) is 0 Å². The molecule has 0 unspecified atom stereocenters. The van der Waals surface area contributed by atoms with Crippen LogP contribution in [0.1, 0.15) is 72.7 Å². The van der Waals surface area contributed by atoms with Gasteiger partial charge in [0.05, 0.1) is 17.0 Å². The molecule has 4 rings (SSSR count). The first-order chi connectivity index (χ1) is 14.7. The molecule has 1 aliphatic heterocycles. The van der Waals surface area contributed by atoms with E-state index in [1.54, 1.807) is 0 Å². The van der Waals surface area contributed by atoms with Crippen LogP contribution >= 0.6 is 0 Å². The largest absolute Gasteiger partial charge is 0.356 e. The first-order valence-corrected chi connectivity index (χ1v) is 10.9. The number of benzene rings is 1. The van der Waals surface area contributed by atoms with E-state index in [-0.39, 0.29) is 17.2 Å². The van der Waals surface area contributed by atoms with Gasteiger partial charge in [-0.15, -0.1) is 0 Å². The number of amides is 1. The molecule has 1 atom stereocenters.